The molecule has 1 unspecified atom stereocenters. The molecule has 1 aromatic rings. The van der Waals surface area contributed by atoms with E-state index in [0.29, 0.717) is 18.2 Å². The normalized spacial score (nSPS) is 21.2. The summed E-state index contributed by atoms with van der Waals surface area (Å²) in [5.74, 6) is 0.311. The van der Waals surface area contributed by atoms with Crippen LogP contribution in [-0.2, 0) is 10.0 Å². The summed E-state index contributed by atoms with van der Waals surface area (Å²) >= 11 is 3.30. The summed E-state index contributed by atoms with van der Waals surface area (Å²) in [6, 6.07) is 5.03. The zero-order valence-electron chi connectivity index (χ0n) is 11.1. The van der Waals surface area contributed by atoms with E-state index in [0.717, 1.165) is 17.3 Å². The van der Waals surface area contributed by atoms with Gasteiger partial charge in [0.25, 0.3) is 0 Å². The standard InChI is InChI=1S/C13H19BrN2O2S/c1-9(2)12-4-3-7-16(12)19(17,18)13-8-10(14)5-6-11(13)15/h5-6,8-9,12H,3-4,7,15H2,1-2H3. The van der Waals surface area contributed by atoms with Gasteiger partial charge in [-0.3, -0.25) is 0 Å². The minimum Gasteiger partial charge on any atom is -0.398 e. The molecule has 106 valence electrons. The van der Waals surface area contributed by atoms with Crippen molar-refractivity contribution in [1.29, 1.82) is 0 Å². The zero-order chi connectivity index (χ0) is 14.2. The maximum Gasteiger partial charge on any atom is 0.245 e. The summed E-state index contributed by atoms with van der Waals surface area (Å²) in [6.07, 6.45) is 1.83. The Labute approximate surface area is 123 Å². The second-order valence-electron chi connectivity index (χ2n) is 5.25. The molecule has 1 fully saturated rings. The highest BCUT2D eigenvalue weighted by molar-refractivity contribution is 9.10. The maximum absolute atomic E-state index is 12.7. The lowest BCUT2D eigenvalue weighted by Gasteiger charge is -2.27. The molecule has 19 heavy (non-hydrogen) atoms. The smallest absolute Gasteiger partial charge is 0.245 e. The van der Waals surface area contributed by atoms with Crippen LogP contribution in [0.1, 0.15) is 26.7 Å². The summed E-state index contributed by atoms with van der Waals surface area (Å²) in [5.41, 5.74) is 6.14. The molecule has 2 N–H and O–H groups in total. The first kappa shape index (κ1) is 14.8. The van der Waals surface area contributed by atoms with Crippen molar-refractivity contribution in [3.8, 4) is 0 Å². The Morgan fingerprint density at radius 1 is 1.42 bits per heavy atom. The molecule has 1 heterocycles. The molecule has 0 aromatic heterocycles. The van der Waals surface area contributed by atoms with Crippen molar-refractivity contribution in [3.63, 3.8) is 0 Å². The van der Waals surface area contributed by atoms with Crippen molar-refractivity contribution in [1.82, 2.24) is 4.31 Å². The first-order chi connectivity index (χ1) is 8.84. The number of nitrogen functional groups attached to an aromatic ring is 1. The van der Waals surface area contributed by atoms with Crippen molar-refractivity contribution in [2.75, 3.05) is 12.3 Å². The Bertz CT molecular complexity index is 572. The quantitative estimate of drug-likeness (QED) is 0.856. The highest BCUT2D eigenvalue weighted by Gasteiger charge is 2.37. The molecule has 1 aromatic carbocycles. The van der Waals surface area contributed by atoms with Crippen LogP contribution in [-0.4, -0.2) is 25.3 Å². The van der Waals surface area contributed by atoms with Gasteiger partial charge in [-0.15, -0.1) is 0 Å². The van der Waals surface area contributed by atoms with Crippen LogP contribution in [0.5, 0.6) is 0 Å². The monoisotopic (exact) mass is 346 g/mol. The SMILES string of the molecule is CC(C)C1CCCN1S(=O)(=O)c1cc(Br)ccc1N. The van der Waals surface area contributed by atoms with Crippen LogP contribution in [0, 0.1) is 5.92 Å². The molecule has 0 aliphatic carbocycles. The summed E-state index contributed by atoms with van der Waals surface area (Å²) in [4.78, 5) is 0.203. The van der Waals surface area contributed by atoms with Gasteiger partial charge in [0.1, 0.15) is 4.90 Å². The minimum absolute atomic E-state index is 0.0726. The first-order valence-electron chi connectivity index (χ1n) is 6.41. The van der Waals surface area contributed by atoms with Crippen LogP contribution in [0.25, 0.3) is 0 Å². The molecular formula is C13H19BrN2O2S. The summed E-state index contributed by atoms with van der Waals surface area (Å²) < 4.78 is 27.8. The molecule has 1 saturated heterocycles. The Morgan fingerprint density at radius 2 is 2.11 bits per heavy atom. The van der Waals surface area contributed by atoms with E-state index >= 15 is 0 Å². The number of rotatable bonds is 3. The fourth-order valence-electron chi connectivity index (χ4n) is 2.59. The van der Waals surface area contributed by atoms with Gasteiger partial charge in [-0.25, -0.2) is 8.42 Å². The van der Waals surface area contributed by atoms with Crippen LogP contribution in [0.15, 0.2) is 27.6 Å². The summed E-state index contributed by atoms with van der Waals surface area (Å²) in [7, 11) is -3.51. The number of halogens is 1. The molecule has 0 bridgehead atoms. The maximum atomic E-state index is 12.7. The number of nitrogens with zero attached hydrogens (tertiary/aromatic N) is 1. The molecule has 0 saturated carbocycles. The number of hydrogen-bond donors (Lipinski definition) is 1. The Hall–Kier alpha value is -0.590. The second-order valence-corrected chi connectivity index (χ2v) is 8.03. The lowest BCUT2D eigenvalue weighted by Crippen LogP contribution is -2.38. The Morgan fingerprint density at radius 3 is 2.74 bits per heavy atom. The fourth-order valence-corrected chi connectivity index (χ4v) is 5.07. The molecule has 4 nitrogen and oxygen atoms in total. The van der Waals surface area contributed by atoms with Crippen LogP contribution in [0.2, 0.25) is 0 Å². The predicted molar refractivity (Wildman–Crippen MR) is 80.3 cm³/mol. The number of benzene rings is 1. The van der Waals surface area contributed by atoms with Crippen molar-refractivity contribution < 1.29 is 8.42 Å². The van der Waals surface area contributed by atoms with E-state index in [1.54, 1.807) is 22.5 Å². The average molecular weight is 347 g/mol. The van der Waals surface area contributed by atoms with Gasteiger partial charge in [-0.1, -0.05) is 29.8 Å². The van der Waals surface area contributed by atoms with E-state index in [-0.39, 0.29) is 10.9 Å². The van der Waals surface area contributed by atoms with Gasteiger partial charge >= 0.3 is 0 Å². The van der Waals surface area contributed by atoms with Gasteiger partial charge < -0.3 is 5.73 Å². The van der Waals surface area contributed by atoms with E-state index in [1.807, 2.05) is 0 Å². The van der Waals surface area contributed by atoms with Crippen molar-refractivity contribution in [2.45, 2.75) is 37.6 Å². The molecule has 2 rings (SSSR count). The van der Waals surface area contributed by atoms with Gasteiger partial charge in [0.05, 0.1) is 5.69 Å². The number of nitrogens with two attached hydrogens (primary N) is 1. The van der Waals surface area contributed by atoms with Gasteiger partial charge in [0, 0.05) is 17.1 Å². The number of anilines is 1. The highest BCUT2D eigenvalue weighted by Crippen LogP contribution is 2.33. The Kier molecular flexibility index (Phi) is 4.23. The third kappa shape index (κ3) is 2.80. The first-order valence-corrected chi connectivity index (χ1v) is 8.64. The van der Waals surface area contributed by atoms with E-state index < -0.39 is 10.0 Å². The van der Waals surface area contributed by atoms with E-state index in [1.165, 1.54) is 0 Å². The fraction of sp³-hybridized carbons (Fsp3) is 0.538. The molecule has 6 heteroatoms. The van der Waals surface area contributed by atoms with Crippen molar-refractivity contribution >= 4 is 31.6 Å². The topological polar surface area (TPSA) is 63.4 Å². The van der Waals surface area contributed by atoms with Crippen molar-refractivity contribution in [2.24, 2.45) is 5.92 Å². The minimum atomic E-state index is -3.51. The number of sulfonamides is 1. The average Bonchev–Trinajstić information content (AvgIpc) is 2.82. The van der Waals surface area contributed by atoms with Crippen molar-refractivity contribution in [3.05, 3.63) is 22.7 Å². The Balaban J connectivity index is 2.45. The molecule has 1 atom stereocenters. The highest BCUT2D eigenvalue weighted by atomic mass is 79.9. The number of hydrogen-bond acceptors (Lipinski definition) is 3. The van der Waals surface area contributed by atoms with E-state index in [4.69, 9.17) is 5.73 Å². The lowest BCUT2D eigenvalue weighted by atomic mass is 10.0. The zero-order valence-corrected chi connectivity index (χ0v) is 13.5. The van der Waals surface area contributed by atoms with Crippen LogP contribution in [0.4, 0.5) is 5.69 Å². The molecule has 1 aliphatic rings. The summed E-state index contributed by atoms with van der Waals surface area (Å²) in [5, 5.41) is 0. The van der Waals surface area contributed by atoms with Gasteiger partial charge in [-0.05, 0) is 37.0 Å². The largest absolute Gasteiger partial charge is 0.398 e. The second kappa shape index (κ2) is 5.42. The van der Waals surface area contributed by atoms with Gasteiger partial charge in [0.15, 0.2) is 0 Å². The third-order valence-electron chi connectivity index (χ3n) is 3.58. The lowest BCUT2D eigenvalue weighted by molar-refractivity contribution is 0.316. The van der Waals surface area contributed by atoms with E-state index in [2.05, 4.69) is 29.8 Å². The molecule has 0 spiro atoms. The molecule has 1 aliphatic heterocycles. The van der Waals surface area contributed by atoms with Gasteiger partial charge in [-0.2, -0.15) is 4.31 Å². The van der Waals surface area contributed by atoms with E-state index in [9.17, 15) is 8.42 Å². The van der Waals surface area contributed by atoms with Crippen LogP contribution >= 0.6 is 15.9 Å². The molecule has 0 amide bonds. The summed E-state index contributed by atoms with van der Waals surface area (Å²) in [6.45, 7) is 4.70. The molecular weight excluding hydrogens is 328 g/mol. The van der Waals surface area contributed by atoms with Crippen LogP contribution < -0.4 is 5.73 Å². The van der Waals surface area contributed by atoms with Crippen LogP contribution in [0.3, 0.4) is 0 Å². The molecule has 0 radical (unpaired) electrons. The predicted octanol–water partition coefficient (Wildman–Crippen LogP) is 2.84. The van der Waals surface area contributed by atoms with Gasteiger partial charge in [0.2, 0.25) is 10.0 Å². The third-order valence-corrected chi connectivity index (χ3v) is 6.05.